The third-order valence-electron chi connectivity index (χ3n) is 13.3. The first-order valence-corrected chi connectivity index (χ1v) is 21.0. The first kappa shape index (κ1) is 38.5. The van der Waals surface area contributed by atoms with Gasteiger partial charge in [-0.3, -0.25) is 19.7 Å². The van der Waals surface area contributed by atoms with Crippen LogP contribution in [0, 0.1) is 43.9 Å². The maximum atomic E-state index is 13.7. The summed E-state index contributed by atoms with van der Waals surface area (Å²) < 4.78 is 5.55. The zero-order valence-corrected chi connectivity index (χ0v) is 34.0. The van der Waals surface area contributed by atoms with E-state index in [0.29, 0.717) is 17.4 Å². The smallest absolute Gasteiger partial charge is 0.343 e. The Balaban J connectivity index is 0.845. The molecule has 13 nitrogen and oxygen atoms in total. The van der Waals surface area contributed by atoms with Gasteiger partial charge in [0.25, 0.3) is 11.8 Å². The molecule has 0 unspecified atom stereocenters. The van der Waals surface area contributed by atoms with E-state index in [9.17, 15) is 24.4 Å². The summed E-state index contributed by atoms with van der Waals surface area (Å²) >= 11 is 0. The zero-order chi connectivity index (χ0) is 41.0. The van der Waals surface area contributed by atoms with E-state index in [4.69, 9.17) is 4.52 Å². The number of amides is 5. The van der Waals surface area contributed by atoms with Crippen LogP contribution >= 0.6 is 0 Å². The van der Waals surface area contributed by atoms with Gasteiger partial charge in [-0.25, -0.2) is 9.80 Å². The molecule has 59 heavy (non-hydrogen) atoms. The number of aromatic nitrogens is 1. The number of imide groups is 2. The summed E-state index contributed by atoms with van der Waals surface area (Å²) in [7, 11) is 0. The van der Waals surface area contributed by atoms with E-state index in [1.807, 2.05) is 19.9 Å². The van der Waals surface area contributed by atoms with Crippen molar-refractivity contribution in [3.63, 3.8) is 0 Å². The summed E-state index contributed by atoms with van der Waals surface area (Å²) in [6.45, 7) is 11.6. The predicted molar refractivity (Wildman–Crippen MR) is 222 cm³/mol. The average Bonchev–Trinajstić information content (AvgIpc) is 3.92. The van der Waals surface area contributed by atoms with Crippen molar-refractivity contribution in [2.45, 2.75) is 71.1 Å². The Kier molecular flexibility index (Phi) is 9.99. The summed E-state index contributed by atoms with van der Waals surface area (Å²) in [5, 5.41) is 18.2. The summed E-state index contributed by atoms with van der Waals surface area (Å²) in [5.74, 6) is 0.338. The number of likely N-dealkylation sites (tertiary alicyclic amines) is 1. The second-order valence-electron chi connectivity index (χ2n) is 17.1. The molecule has 1 N–H and O–H groups in total. The Morgan fingerprint density at radius 2 is 1.59 bits per heavy atom. The van der Waals surface area contributed by atoms with Crippen molar-refractivity contribution < 1.29 is 23.7 Å². The molecule has 0 spiro atoms. The number of carbonyl (C=O) groups excluding carboxylic acids is 4. The second kappa shape index (κ2) is 15.3. The van der Waals surface area contributed by atoms with Gasteiger partial charge in [0.2, 0.25) is 5.91 Å². The van der Waals surface area contributed by atoms with Gasteiger partial charge >= 0.3 is 6.03 Å². The normalized spacial score (nSPS) is 19.9. The lowest BCUT2D eigenvalue weighted by atomic mass is 9.91. The molecule has 0 radical (unpaired) electrons. The molecule has 0 bridgehead atoms. The highest BCUT2D eigenvalue weighted by atomic mass is 16.5. The fourth-order valence-corrected chi connectivity index (χ4v) is 9.66. The first-order valence-electron chi connectivity index (χ1n) is 21.0. The van der Waals surface area contributed by atoms with Crippen molar-refractivity contribution in [3.8, 4) is 17.2 Å². The number of hydrogen-bond acceptors (Lipinski definition) is 10. The summed E-state index contributed by atoms with van der Waals surface area (Å²) in [6, 6.07) is 22.4. The van der Waals surface area contributed by atoms with E-state index in [0.717, 1.165) is 127 Å². The molecule has 1 aliphatic carbocycles. The minimum absolute atomic E-state index is 0.0226. The van der Waals surface area contributed by atoms with Crippen LogP contribution in [0.15, 0.2) is 65.2 Å². The summed E-state index contributed by atoms with van der Waals surface area (Å²) in [6.07, 6.45) is 6.01. The van der Waals surface area contributed by atoms with Gasteiger partial charge in [-0.05, 0) is 131 Å². The average molecular weight is 795 g/mol. The van der Waals surface area contributed by atoms with Crippen LogP contribution in [0.25, 0.3) is 11.1 Å². The third kappa shape index (κ3) is 7.13. The van der Waals surface area contributed by atoms with Crippen LogP contribution in [0.3, 0.4) is 0 Å². The molecule has 5 amide bonds. The van der Waals surface area contributed by atoms with Gasteiger partial charge in [-0.15, -0.1) is 0 Å². The summed E-state index contributed by atoms with van der Waals surface area (Å²) in [4.78, 5) is 58.6. The fraction of sp³-hybridized carbons (Fsp3) is 0.435. The Morgan fingerprint density at radius 3 is 2.25 bits per heavy atom. The number of hydrogen-bond donors (Lipinski definition) is 1. The molecule has 3 aromatic carbocycles. The lowest BCUT2D eigenvalue weighted by Crippen LogP contribution is -2.58. The van der Waals surface area contributed by atoms with Crippen LogP contribution in [0.5, 0.6) is 0 Å². The van der Waals surface area contributed by atoms with Crippen molar-refractivity contribution in [2.75, 3.05) is 55.6 Å². The van der Waals surface area contributed by atoms with E-state index < -0.39 is 23.8 Å². The Morgan fingerprint density at radius 1 is 0.864 bits per heavy atom. The molecule has 4 aliphatic heterocycles. The van der Waals surface area contributed by atoms with E-state index in [2.05, 4.69) is 80.6 Å². The molecular formula is C46H50N8O5. The third-order valence-corrected chi connectivity index (χ3v) is 13.3. The Hall–Kier alpha value is -6.00. The van der Waals surface area contributed by atoms with Crippen molar-refractivity contribution in [1.82, 2.24) is 25.4 Å². The van der Waals surface area contributed by atoms with Crippen LogP contribution in [0.1, 0.15) is 88.2 Å². The lowest BCUT2D eigenvalue weighted by Gasteiger charge is -2.40. The highest BCUT2D eigenvalue weighted by Gasteiger charge is 2.46. The number of carbonyl (C=O) groups is 4. The number of urea groups is 1. The molecule has 304 valence electrons. The van der Waals surface area contributed by atoms with Crippen LogP contribution in [0.2, 0.25) is 0 Å². The molecule has 0 atom stereocenters. The predicted octanol–water partition coefficient (Wildman–Crippen LogP) is 7.04. The number of nitrogens with one attached hydrogen (secondary N) is 1. The molecule has 1 saturated carbocycles. The number of piperidine rings is 2. The minimum Gasteiger partial charge on any atom is -0.371 e. The molecule has 4 aromatic rings. The molecule has 5 aliphatic rings. The van der Waals surface area contributed by atoms with Crippen molar-refractivity contribution in [3.05, 3.63) is 94.4 Å². The number of benzene rings is 3. The maximum Gasteiger partial charge on any atom is 0.343 e. The van der Waals surface area contributed by atoms with Gasteiger partial charge in [0.05, 0.1) is 40.5 Å². The molecule has 9 rings (SSSR count). The van der Waals surface area contributed by atoms with Gasteiger partial charge in [-0.1, -0.05) is 35.5 Å². The minimum atomic E-state index is -0.761. The van der Waals surface area contributed by atoms with E-state index >= 15 is 0 Å². The van der Waals surface area contributed by atoms with Crippen molar-refractivity contribution in [1.29, 1.82) is 5.26 Å². The first-order chi connectivity index (χ1) is 28.5. The van der Waals surface area contributed by atoms with E-state index in [-0.39, 0.29) is 23.9 Å². The molecule has 3 saturated heterocycles. The number of hydrazine groups is 1. The van der Waals surface area contributed by atoms with E-state index in [1.54, 1.807) is 12.1 Å². The maximum absolute atomic E-state index is 13.7. The largest absolute Gasteiger partial charge is 0.371 e. The van der Waals surface area contributed by atoms with Gasteiger partial charge in [0.15, 0.2) is 0 Å². The Labute approximate surface area is 344 Å². The van der Waals surface area contributed by atoms with Gasteiger partial charge in [0, 0.05) is 49.5 Å². The molecular weight excluding hydrogens is 745 g/mol. The van der Waals surface area contributed by atoms with Gasteiger partial charge in [-0.2, -0.15) is 10.3 Å². The van der Waals surface area contributed by atoms with E-state index in [1.165, 1.54) is 11.3 Å². The van der Waals surface area contributed by atoms with Gasteiger partial charge < -0.3 is 19.2 Å². The number of rotatable bonds is 10. The summed E-state index contributed by atoms with van der Waals surface area (Å²) in [5.41, 5.74) is 8.62. The van der Waals surface area contributed by atoms with Crippen LogP contribution < -0.4 is 15.1 Å². The zero-order valence-electron chi connectivity index (χ0n) is 34.0. The number of nitrogens with zero attached hydrogens (tertiary/aromatic N) is 7. The highest BCUT2D eigenvalue weighted by Crippen LogP contribution is 2.48. The fourth-order valence-electron chi connectivity index (χ4n) is 9.66. The van der Waals surface area contributed by atoms with Crippen LogP contribution in [-0.4, -0.2) is 89.6 Å². The quantitative estimate of drug-likeness (QED) is 0.166. The van der Waals surface area contributed by atoms with Gasteiger partial charge in [0.1, 0.15) is 5.76 Å². The standard InChI is InChI=1S/C46H50N8O5/c1-29-7-8-34(41-30(2)49-59-31(41)3)25-39(29)52(36-11-9-35(10-12-36)46(28-47)18-19-46)27-33-13-20-50(21-14-33)26-32-15-22-51(23-16-32)38-6-4-5-37-42(38)44(57)54(43(37)56)53-24-17-40(55)48-45(53)58/h4-12,25,32-33H,13-24,26-27H2,1-3H3,(H,48,55,58). The Bertz CT molecular complexity index is 2340. The lowest BCUT2D eigenvalue weighted by molar-refractivity contribution is -0.122. The highest BCUT2D eigenvalue weighted by molar-refractivity contribution is 6.24. The van der Waals surface area contributed by atoms with Crippen molar-refractivity contribution in [2.24, 2.45) is 11.8 Å². The number of nitriles is 1. The van der Waals surface area contributed by atoms with Crippen LogP contribution in [-0.2, 0) is 10.2 Å². The van der Waals surface area contributed by atoms with Crippen molar-refractivity contribution >= 4 is 40.8 Å². The van der Waals surface area contributed by atoms with Crippen LogP contribution in [0.4, 0.5) is 21.9 Å². The SMILES string of the molecule is Cc1ccc(-c2c(C)noc2C)cc1N(CC1CCN(CC2CCN(c3cccc4c3C(=O)N(N3CCC(=O)NC3=O)C4=O)CC2)CC1)c1ccc(C2(C#N)CC2)cc1. The monoisotopic (exact) mass is 794 g/mol. The molecule has 13 heteroatoms. The number of anilines is 3. The second-order valence-corrected chi connectivity index (χ2v) is 17.1. The molecule has 4 fully saturated rings. The number of aryl methyl sites for hydroxylation is 3. The molecule has 1 aromatic heterocycles. The number of fused-ring (bicyclic) bond motifs is 1. The topological polar surface area (TPSA) is 146 Å². The molecule has 5 heterocycles.